The van der Waals surface area contributed by atoms with Gasteiger partial charge in [-0.25, -0.2) is 0 Å². The fourth-order valence-corrected chi connectivity index (χ4v) is 7.23. The van der Waals surface area contributed by atoms with Crippen LogP contribution in [0.1, 0.15) is 29.0 Å². The van der Waals surface area contributed by atoms with Crippen molar-refractivity contribution in [2.45, 2.75) is 38.7 Å². The van der Waals surface area contributed by atoms with Gasteiger partial charge in [0.15, 0.2) is 0 Å². The molecule has 0 amide bonds. The highest BCUT2D eigenvalue weighted by Gasteiger charge is 2.29. The van der Waals surface area contributed by atoms with Crippen LogP contribution >= 0.6 is 23.5 Å². The molecule has 0 aliphatic carbocycles. The third-order valence-corrected chi connectivity index (χ3v) is 9.36. The number of anilines is 2. The lowest BCUT2D eigenvalue weighted by atomic mass is 10.1. The second-order valence-corrected chi connectivity index (χ2v) is 11.5. The molecule has 2 aromatic heterocycles. The maximum Gasteiger partial charge on any atom is 0.271 e. The average Bonchev–Trinajstić information content (AvgIpc) is 2.95. The summed E-state index contributed by atoms with van der Waals surface area (Å²) in [5, 5.41) is 13.4. The Morgan fingerprint density at radius 3 is 2.87 bits per heavy atom. The van der Waals surface area contributed by atoms with E-state index in [4.69, 9.17) is 4.74 Å². The molecule has 38 heavy (non-hydrogen) atoms. The number of aromatic nitrogens is 2. The molecule has 7 nitrogen and oxygen atoms in total. The zero-order chi connectivity index (χ0) is 26.1. The van der Waals surface area contributed by atoms with E-state index in [1.54, 1.807) is 29.7 Å². The van der Waals surface area contributed by atoms with Crippen LogP contribution in [0.3, 0.4) is 0 Å². The SMILES string of the molecule is Cc1ccc(C(CO)Nc2ccc3c(c2)Sc2cccc(C4CN(c5ccc[nH]c5=O)CCO4)c2S3)nc1. The summed E-state index contributed by atoms with van der Waals surface area (Å²) in [6.45, 7) is 3.83. The molecule has 0 spiro atoms. The highest BCUT2D eigenvalue weighted by Crippen LogP contribution is 2.52. The number of aromatic amines is 1. The van der Waals surface area contributed by atoms with Gasteiger partial charge in [0.25, 0.3) is 5.56 Å². The summed E-state index contributed by atoms with van der Waals surface area (Å²) in [5.41, 5.74) is 4.60. The lowest BCUT2D eigenvalue weighted by Crippen LogP contribution is -2.41. The fourth-order valence-electron chi connectivity index (χ4n) is 4.78. The molecule has 2 unspecified atom stereocenters. The van der Waals surface area contributed by atoms with Gasteiger partial charge in [-0.15, -0.1) is 0 Å². The number of fused-ring (bicyclic) bond motifs is 2. The van der Waals surface area contributed by atoms with Gasteiger partial charge >= 0.3 is 0 Å². The number of hydrogen-bond donors (Lipinski definition) is 3. The molecule has 4 heterocycles. The second-order valence-electron chi connectivity index (χ2n) is 9.37. The van der Waals surface area contributed by atoms with Gasteiger partial charge in [0.2, 0.25) is 0 Å². The van der Waals surface area contributed by atoms with E-state index >= 15 is 0 Å². The van der Waals surface area contributed by atoms with Crippen LogP contribution in [0.5, 0.6) is 0 Å². The first-order chi connectivity index (χ1) is 18.6. The van der Waals surface area contributed by atoms with E-state index < -0.39 is 0 Å². The van der Waals surface area contributed by atoms with E-state index in [1.165, 1.54) is 19.6 Å². The Morgan fingerprint density at radius 1 is 1.13 bits per heavy atom. The number of nitrogens with zero attached hydrogens (tertiary/aromatic N) is 2. The summed E-state index contributed by atoms with van der Waals surface area (Å²) in [4.78, 5) is 26.5. The molecule has 194 valence electrons. The van der Waals surface area contributed by atoms with Gasteiger partial charge in [-0.05, 0) is 60.5 Å². The molecule has 6 rings (SSSR count). The number of aryl methyl sites for hydroxylation is 1. The van der Waals surface area contributed by atoms with Crippen LogP contribution in [-0.2, 0) is 4.74 Å². The van der Waals surface area contributed by atoms with Gasteiger partial charge in [0.05, 0.1) is 24.9 Å². The number of morpholine rings is 1. The third-order valence-electron chi connectivity index (χ3n) is 6.75. The topological polar surface area (TPSA) is 90.5 Å². The van der Waals surface area contributed by atoms with Crippen molar-refractivity contribution in [1.29, 1.82) is 0 Å². The maximum atomic E-state index is 12.4. The Hall–Kier alpha value is -3.24. The summed E-state index contributed by atoms with van der Waals surface area (Å²) in [6.07, 6.45) is 3.36. The number of hydrogen-bond acceptors (Lipinski definition) is 8. The van der Waals surface area contributed by atoms with E-state index in [2.05, 4.69) is 56.6 Å². The van der Waals surface area contributed by atoms with Crippen molar-refractivity contribution >= 4 is 34.9 Å². The minimum atomic E-state index is -0.281. The largest absolute Gasteiger partial charge is 0.394 e. The van der Waals surface area contributed by atoms with Crippen LogP contribution in [0.15, 0.2) is 97.4 Å². The summed E-state index contributed by atoms with van der Waals surface area (Å²) in [6, 6.07) is 20.1. The fraction of sp³-hybridized carbons (Fsp3) is 0.241. The molecule has 9 heteroatoms. The molecule has 2 aromatic carbocycles. The number of ether oxygens (including phenoxy) is 1. The van der Waals surface area contributed by atoms with Crippen molar-refractivity contribution < 1.29 is 9.84 Å². The Morgan fingerprint density at radius 2 is 2.05 bits per heavy atom. The van der Waals surface area contributed by atoms with E-state index in [1.807, 2.05) is 37.4 Å². The number of rotatable bonds is 6. The molecular formula is C29H28N4O3S2. The lowest BCUT2D eigenvalue weighted by molar-refractivity contribution is 0.0378. The molecule has 4 aromatic rings. The van der Waals surface area contributed by atoms with Gasteiger partial charge in [0, 0.05) is 50.8 Å². The van der Waals surface area contributed by atoms with E-state index in [0.717, 1.165) is 22.5 Å². The molecule has 1 fully saturated rings. The monoisotopic (exact) mass is 544 g/mol. The number of aliphatic hydroxyl groups excluding tert-OH is 1. The molecule has 2 aliphatic rings. The van der Waals surface area contributed by atoms with E-state index in [0.29, 0.717) is 25.4 Å². The smallest absolute Gasteiger partial charge is 0.271 e. The molecule has 2 aliphatic heterocycles. The van der Waals surface area contributed by atoms with Crippen molar-refractivity contribution in [2.24, 2.45) is 0 Å². The van der Waals surface area contributed by atoms with Gasteiger partial charge in [0.1, 0.15) is 11.8 Å². The van der Waals surface area contributed by atoms with Gasteiger partial charge < -0.3 is 25.0 Å². The Labute approximate surface area is 229 Å². The second kappa shape index (κ2) is 10.9. The first kappa shape index (κ1) is 25.1. The number of H-pyrrole nitrogens is 1. The van der Waals surface area contributed by atoms with Crippen molar-refractivity contribution in [3.63, 3.8) is 0 Å². The summed E-state index contributed by atoms with van der Waals surface area (Å²) in [7, 11) is 0. The summed E-state index contributed by atoms with van der Waals surface area (Å²) < 4.78 is 6.22. The lowest BCUT2D eigenvalue weighted by Gasteiger charge is -2.35. The van der Waals surface area contributed by atoms with E-state index in [9.17, 15) is 9.90 Å². The normalized spacial score (nSPS) is 17.4. The van der Waals surface area contributed by atoms with Crippen molar-refractivity contribution in [3.8, 4) is 0 Å². The Bertz CT molecular complexity index is 1510. The van der Waals surface area contributed by atoms with Gasteiger partial charge in [-0.1, -0.05) is 41.7 Å². The van der Waals surface area contributed by atoms with Crippen LogP contribution in [-0.4, -0.2) is 41.4 Å². The number of benzene rings is 2. The zero-order valence-electron chi connectivity index (χ0n) is 20.9. The van der Waals surface area contributed by atoms with Crippen LogP contribution < -0.4 is 15.8 Å². The molecule has 3 N–H and O–H groups in total. The number of pyridine rings is 2. The van der Waals surface area contributed by atoms with Crippen molar-refractivity contribution in [2.75, 3.05) is 36.5 Å². The molecule has 0 saturated carbocycles. The summed E-state index contributed by atoms with van der Waals surface area (Å²) in [5.74, 6) is 0. The van der Waals surface area contributed by atoms with Crippen molar-refractivity contribution in [1.82, 2.24) is 9.97 Å². The first-order valence-electron chi connectivity index (χ1n) is 12.6. The third kappa shape index (κ3) is 5.07. The molecule has 2 atom stereocenters. The first-order valence-corrected chi connectivity index (χ1v) is 14.2. The quantitative estimate of drug-likeness (QED) is 0.261. The van der Waals surface area contributed by atoms with Gasteiger partial charge in [-0.2, -0.15) is 0 Å². The molecule has 1 saturated heterocycles. The highest BCUT2D eigenvalue weighted by atomic mass is 32.2. The minimum Gasteiger partial charge on any atom is -0.394 e. The molecular weight excluding hydrogens is 516 g/mol. The number of nitrogens with one attached hydrogen (secondary N) is 2. The van der Waals surface area contributed by atoms with Crippen molar-refractivity contribution in [3.05, 3.63) is 100 Å². The minimum absolute atomic E-state index is 0.0471. The average molecular weight is 545 g/mol. The van der Waals surface area contributed by atoms with Crippen LogP contribution in [0, 0.1) is 6.92 Å². The molecule has 0 bridgehead atoms. The van der Waals surface area contributed by atoms with Gasteiger partial charge in [-0.3, -0.25) is 9.78 Å². The Kier molecular flexibility index (Phi) is 7.16. The zero-order valence-corrected chi connectivity index (χ0v) is 22.5. The molecule has 0 radical (unpaired) electrons. The predicted octanol–water partition coefficient (Wildman–Crippen LogP) is 5.42. The van der Waals surface area contributed by atoms with Crippen LogP contribution in [0.25, 0.3) is 0 Å². The van der Waals surface area contributed by atoms with Crippen LogP contribution in [0.4, 0.5) is 11.4 Å². The standard InChI is InChI=1S/C29H28N4O3S2/c1-18-7-9-21(31-15-18)22(17-34)32-19-8-10-25-27(14-19)37-26-6-2-4-20(28(26)38-25)24-16-33(12-13-36-24)23-5-3-11-30-29(23)35/h2-11,14-15,22,24,32,34H,12-13,16-17H2,1H3,(H,30,35). The predicted molar refractivity (Wildman–Crippen MR) is 152 cm³/mol. The number of aliphatic hydroxyl groups is 1. The van der Waals surface area contributed by atoms with E-state index in [-0.39, 0.29) is 24.3 Å². The van der Waals surface area contributed by atoms with Crippen LogP contribution in [0.2, 0.25) is 0 Å². The maximum absolute atomic E-state index is 12.4. The summed E-state index contributed by atoms with van der Waals surface area (Å²) >= 11 is 3.50. The Balaban J connectivity index is 1.22. The highest BCUT2D eigenvalue weighted by molar-refractivity contribution is 8.05.